The fourth-order valence-electron chi connectivity index (χ4n) is 3.38. The maximum atomic E-state index is 11.1. The third-order valence-corrected chi connectivity index (χ3v) is 4.83. The van der Waals surface area contributed by atoms with Gasteiger partial charge >= 0.3 is 6.16 Å². The van der Waals surface area contributed by atoms with E-state index in [0.29, 0.717) is 27.0 Å². The van der Waals surface area contributed by atoms with Gasteiger partial charge in [-0.2, -0.15) is 5.26 Å². The molecule has 0 amide bonds. The van der Waals surface area contributed by atoms with Crippen molar-refractivity contribution in [2.24, 2.45) is 0 Å². The Morgan fingerprint density at radius 3 is 2.84 bits per heavy atom. The van der Waals surface area contributed by atoms with Gasteiger partial charge in [0.25, 0.3) is 0 Å². The molecular formula is C17H10Cl2N2O4. The number of rotatable bonds is 1. The fourth-order valence-corrected chi connectivity index (χ4v) is 3.99. The van der Waals surface area contributed by atoms with Crippen LogP contribution in [-0.2, 0) is 4.74 Å². The molecule has 2 heterocycles. The maximum absolute atomic E-state index is 11.1. The fraction of sp³-hybridized carbons (Fsp3) is 0.176. The molecule has 25 heavy (non-hydrogen) atoms. The van der Waals surface area contributed by atoms with Crippen molar-refractivity contribution >= 4 is 35.0 Å². The van der Waals surface area contributed by atoms with Gasteiger partial charge in [-0.3, -0.25) is 0 Å². The van der Waals surface area contributed by atoms with Crippen LogP contribution in [0.5, 0.6) is 5.75 Å². The highest BCUT2D eigenvalue weighted by Crippen LogP contribution is 2.51. The molecule has 2 aliphatic rings. The number of hydrogen-bond acceptors (Lipinski definition) is 5. The summed E-state index contributed by atoms with van der Waals surface area (Å²) < 4.78 is 10.9. The number of nitriles is 1. The molecule has 3 unspecified atom stereocenters. The molecule has 8 heteroatoms. The van der Waals surface area contributed by atoms with E-state index in [1.54, 1.807) is 30.3 Å². The van der Waals surface area contributed by atoms with E-state index in [-0.39, 0.29) is 5.92 Å². The Morgan fingerprint density at radius 1 is 1.32 bits per heavy atom. The van der Waals surface area contributed by atoms with Crippen LogP contribution < -0.4 is 10.1 Å². The van der Waals surface area contributed by atoms with E-state index in [1.165, 1.54) is 0 Å². The summed E-state index contributed by atoms with van der Waals surface area (Å²) in [5.41, 5.74) is 2.54. The van der Waals surface area contributed by atoms with Crippen molar-refractivity contribution in [2.75, 3.05) is 5.32 Å². The average Bonchev–Trinajstić information content (AvgIpc) is 2.92. The van der Waals surface area contributed by atoms with Crippen molar-refractivity contribution < 1.29 is 19.4 Å². The van der Waals surface area contributed by atoms with Crippen molar-refractivity contribution in [1.29, 1.82) is 5.26 Å². The lowest BCUT2D eigenvalue weighted by molar-refractivity contribution is 0.00574. The zero-order chi connectivity index (χ0) is 17.7. The van der Waals surface area contributed by atoms with Crippen molar-refractivity contribution in [3.63, 3.8) is 0 Å². The number of fused-ring (bicyclic) bond motifs is 5. The first kappa shape index (κ1) is 15.9. The Hall–Kier alpha value is -2.62. The summed E-state index contributed by atoms with van der Waals surface area (Å²) in [7, 11) is 0. The van der Waals surface area contributed by atoms with Gasteiger partial charge in [-0.05, 0) is 30.3 Å². The monoisotopic (exact) mass is 376 g/mol. The SMILES string of the molecule is N#Cc1ccc2c(c1)C1c3c(Cl)cc(Cl)cc3NC(OC(=O)O)C1O2. The molecule has 2 aromatic rings. The highest BCUT2D eigenvalue weighted by molar-refractivity contribution is 6.35. The van der Waals surface area contributed by atoms with Crippen LogP contribution >= 0.6 is 23.2 Å². The number of anilines is 1. The van der Waals surface area contributed by atoms with E-state index in [4.69, 9.17) is 37.8 Å². The van der Waals surface area contributed by atoms with E-state index in [2.05, 4.69) is 11.4 Å². The van der Waals surface area contributed by atoms with E-state index < -0.39 is 18.5 Å². The number of nitrogens with one attached hydrogen (secondary N) is 1. The minimum Gasteiger partial charge on any atom is -0.483 e. The number of nitrogens with zero attached hydrogens (tertiary/aromatic N) is 1. The van der Waals surface area contributed by atoms with Gasteiger partial charge in [-0.25, -0.2) is 4.79 Å². The summed E-state index contributed by atoms with van der Waals surface area (Å²) in [6, 6.07) is 10.4. The third kappa shape index (κ3) is 2.53. The molecule has 2 aliphatic heterocycles. The summed E-state index contributed by atoms with van der Waals surface area (Å²) >= 11 is 12.5. The summed E-state index contributed by atoms with van der Waals surface area (Å²) in [5, 5.41) is 22.0. The predicted octanol–water partition coefficient (Wildman–Crippen LogP) is 4.20. The summed E-state index contributed by atoms with van der Waals surface area (Å²) in [4.78, 5) is 11.1. The van der Waals surface area contributed by atoms with Gasteiger partial charge in [0.05, 0.1) is 17.6 Å². The minimum atomic E-state index is -1.43. The van der Waals surface area contributed by atoms with Crippen LogP contribution in [-0.4, -0.2) is 23.6 Å². The van der Waals surface area contributed by atoms with E-state index in [9.17, 15) is 10.1 Å². The second-order valence-corrected chi connectivity index (χ2v) is 6.57. The molecule has 0 aliphatic carbocycles. The molecule has 6 nitrogen and oxygen atoms in total. The van der Waals surface area contributed by atoms with E-state index >= 15 is 0 Å². The second kappa shape index (κ2) is 5.73. The number of hydrogen-bond donors (Lipinski definition) is 2. The molecular weight excluding hydrogens is 367 g/mol. The normalized spacial score (nSPS) is 22.5. The largest absolute Gasteiger partial charge is 0.507 e. The van der Waals surface area contributed by atoms with Crippen LogP contribution in [0.4, 0.5) is 10.5 Å². The first-order valence-electron chi connectivity index (χ1n) is 7.33. The molecule has 3 atom stereocenters. The summed E-state index contributed by atoms with van der Waals surface area (Å²) in [6.45, 7) is 0. The molecule has 0 aromatic heterocycles. The lowest BCUT2D eigenvalue weighted by atomic mass is 9.83. The highest BCUT2D eigenvalue weighted by Gasteiger charge is 2.48. The lowest BCUT2D eigenvalue weighted by Crippen LogP contribution is -2.46. The van der Waals surface area contributed by atoms with Crippen molar-refractivity contribution in [3.8, 4) is 11.8 Å². The molecule has 2 N–H and O–H groups in total. The van der Waals surface area contributed by atoms with Crippen LogP contribution in [0.15, 0.2) is 30.3 Å². The standard InChI is InChI=1S/C17H10Cl2N2O4/c18-8-4-10(19)14-11(5-8)21-16(25-17(22)23)15-13(14)9-3-7(6-20)1-2-12(9)24-15/h1-5,13,15-16,21H,(H,22,23). The lowest BCUT2D eigenvalue weighted by Gasteiger charge is -2.35. The molecule has 4 rings (SSSR count). The Labute approximate surface area is 152 Å². The molecule has 2 aromatic carbocycles. The number of carboxylic acid groups (broad SMARTS) is 1. The van der Waals surface area contributed by atoms with Gasteiger partial charge in [0.15, 0.2) is 6.10 Å². The Bertz CT molecular complexity index is 941. The van der Waals surface area contributed by atoms with Gasteiger partial charge in [0, 0.05) is 26.9 Å². The van der Waals surface area contributed by atoms with Crippen LogP contribution in [0, 0.1) is 11.3 Å². The Kier molecular flexibility index (Phi) is 3.64. The van der Waals surface area contributed by atoms with Crippen LogP contribution in [0.25, 0.3) is 0 Å². The summed E-state index contributed by atoms with van der Waals surface area (Å²) in [6.07, 6.45) is -3.02. The molecule has 0 fully saturated rings. The zero-order valence-corrected chi connectivity index (χ0v) is 14.0. The van der Waals surface area contributed by atoms with Crippen molar-refractivity contribution in [1.82, 2.24) is 0 Å². The highest BCUT2D eigenvalue weighted by atomic mass is 35.5. The maximum Gasteiger partial charge on any atom is 0.507 e. The molecule has 0 spiro atoms. The number of carbonyl (C=O) groups is 1. The van der Waals surface area contributed by atoms with Gasteiger partial charge in [-0.1, -0.05) is 23.2 Å². The Morgan fingerprint density at radius 2 is 2.12 bits per heavy atom. The van der Waals surface area contributed by atoms with Crippen LogP contribution in [0.1, 0.15) is 22.6 Å². The van der Waals surface area contributed by atoms with Crippen LogP contribution in [0.2, 0.25) is 10.0 Å². The van der Waals surface area contributed by atoms with Gasteiger partial charge in [0.2, 0.25) is 6.23 Å². The first-order chi connectivity index (χ1) is 12.0. The number of ether oxygens (including phenoxy) is 2. The topological polar surface area (TPSA) is 91.6 Å². The Balaban J connectivity index is 1.91. The first-order valence-corrected chi connectivity index (χ1v) is 8.09. The smallest absolute Gasteiger partial charge is 0.483 e. The van der Waals surface area contributed by atoms with Gasteiger partial charge in [-0.15, -0.1) is 0 Å². The van der Waals surface area contributed by atoms with E-state index in [1.807, 2.05) is 0 Å². The quantitative estimate of drug-likeness (QED) is 0.724. The molecule has 0 saturated heterocycles. The number of benzene rings is 2. The predicted molar refractivity (Wildman–Crippen MR) is 90.4 cm³/mol. The van der Waals surface area contributed by atoms with Gasteiger partial charge in [0.1, 0.15) is 5.75 Å². The summed E-state index contributed by atoms with van der Waals surface area (Å²) in [5.74, 6) is 0.183. The number of halogens is 2. The van der Waals surface area contributed by atoms with Gasteiger partial charge < -0.3 is 19.9 Å². The molecule has 126 valence electrons. The zero-order valence-electron chi connectivity index (χ0n) is 12.5. The second-order valence-electron chi connectivity index (χ2n) is 5.72. The molecule has 0 radical (unpaired) electrons. The average molecular weight is 377 g/mol. The molecule has 0 saturated carbocycles. The molecule has 0 bridgehead atoms. The van der Waals surface area contributed by atoms with E-state index in [0.717, 1.165) is 11.1 Å². The minimum absolute atomic E-state index is 0.381. The third-order valence-electron chi connectivity index (χ3n) is 4.29. The van der Waals surface area contributed by atoms with Crippen molar-refractivity contribution in [2.45, 2.75) is 18.2 Å². The van der Waals surface area contributed by atoms with Crippen molar-refractivity contribution in [3.05, 3.63) is 57.1 Å². The van der Waals surface area contributed by atoms with Crippen LogP contribution in [0.3, 0.4) is 0 Å².